The number of nitrogens with zero attached hydrogens (tertiary/aromatic N) is 1. The van der Waals surface area contributed by atoms with Crippen LogP contribution in [-0.2, 0) is 12.6 Å². The van der Waals surface area contributed by atoms with Crippen LogP contribution in [0.15, 0.2) is 48.7 Å². The summed E-state index contributed by atoms with van der Waals surface area (Å²) in [4.78, 5) is 19.5. The lowest BCUT2D eigenvalue weighted by Gasteiger charge is -2.08. The Labute approximate surface area is 168 Å². The largest absolute Gasteiger partial charge is 0.416 e. The van der Waals surface area contributed by atoms with Gasteiger partial charge in [0, 0.05) is 35.3 Å². The SMILES string of the molecule is O=C(NCCc1c[nH]c(-c2ccc(Cl)cc2Cl)n1)c1ccc(C(F)(F)F)cc1. The molecular weight excluding hydrogens is 414 g/mol. The third-order valence-corrected chi connectivity index (χ3v) is 4.51. The van der Waals surface area contributed by atoms with E-state index in [-0.39, 0.29) is 12.1 Å². The lowest BCUT2D eigenvalue weighted by molar-refractivity contribution is -0.137. The molecule has 1 aromatic heterocycles. The van der Waals surface area contributed by atoms with Crippen molar-refractivity contribution in [3.05, 3.63) is 75.5 Å². The average Bonchev–Trinajstić information content (AvgIpc) is 3.09. The van der Waals surface area contributed by atoms with Gasteiger partial charge in [-0.05, 0) is 42.5 Å². The van der Waals surface area contributed by atoms with Gasteiger partial charge in [-0.3, -0.25) is 4.79 Å². The summed E-state index contributed by atoms with van der Waals surface area (Å²) in [6, 6.07) is 9.12. The van der Waals surface area contributed by atoms with Crippen LogP contribution in [0.5, 0.6) is 0 Å². The molecule has 3 rings (SSSR count). The smallest absolute Gasteiger partial charge is 0.352 e. The van der Waals surface area contributed by atoms with Crippen LogP contribution < -0.4 is 5.32 Å². The van der Waals surface area contributed by atoms with E-state index < -0.39 is 17.6 Å². The van der Waals surface area contributed by atoms with Crippen LogP contribution in [-0.4, -0.2) is 22.4 Å². The maximum Gasteiger partial charge on any atom is 0.416 e. The monoisotopic (exact) mass is 427 g/mol. The van der Waals surface area contributed by atoms with E-state index in [1.54, 1.807) is 24.4 Å². The highest BCUT2D eigenvalue weighted by Gasteiger charge is 2.30. The number of alkyl halides is 3. The molecule has 0 aliphatic carbocycles. The molecule has 4 nitrogen and oxygen atoms in total. The summed E-state index contributed by atoms with van der Waals surface area (Å²) in [6.07, 6.45) is -2.29. The third-order valence-electron chi connectivity index (χ3n) is 3.96. The van der Waals surface area contributed by atoms with Crippen molar-refractivity contribution >= 4 is 29.1 Å². The summed E-state index contributed by atoms with van der Waals surface area (Å²) < 4.78 is 37.7. The zero-order valence-electron chi connectivity index (χ0n) is 14.3. The molecule has 1 heterocycles. The predicted molar refractivity (Wildman–Crippen MR) is 102 cm³/mol. The number of carbonyl (C=O) groups excluding carboxylic acids is 1. The topological polar surface area (TPSA) is 57.8 Å². The van der Waals surface area contributed by atoms with Crippen LogP contribution >= 0.6 is 23.2 Å². The standard InChI is InChI=1S/C19H14Cl2F3N3O/c20-13-5-6-15(16(21)9-13)17-26-10-14(27-17)7-8-25-18(28)11-1-3-12(4-2-11)19(22,23)24/h1-6,9-10H,7-8H2,(H,25,28)(H,26,27). The van der Waals surface area contributed by atoms with Crippen molar-refractivity contribution in [2.24, 2.45) is 0 Å². The van der Waals surface area contributed by atoms with E-state index in [4.69, 9.17) is 23.2 Å². The van der Waals surface area contributed by atoms with E-state index >= 15 is 0 Å². The van der Waals surface area contributed by atoms with Crippen molar-refractivity contribution < 1.29 is 18.0 Å². The van der Waals surface area contributed by atoms with Gasteiger partial charge in [-0.1, -0.05) is 23.2 Å². The van der Waals surface area contributed by atoms with E-state index in [1.807, 2.05) is 0 Å². The molecule has 2 aromatic carbocycles. The lowest BCUT2D eigenvalue weighted by atomic mass is 10.1. The zero-order valence-corrected chi connectivity index (χ0v) is 15.8. The molecule has 0 saturated carbocycles. The predicted octanol–water partition coefficient (Wildman–Crippen LogP) is 5.37. The molecule has 28 heavy (non-hydrogen) atoms. The van der Waals surface area contributed by atoms with Gasteiger partial charge in [-0.15, -0.1) is 0 Å². The van der Waals surface area contributed by atoms with Gasteiger partial charge in [-0.2, -0.15) is 13.2 Å². The number of rotatable bonds is 5. The van der Waals surface area contributed by atoms with Gasteiger partial charge < -0.3 is 10.3 Å². The number of carbonyl (C=O) groups is 1. The van der Waals surface area contributed by atoms with Gasteiger partial charge in [-0.25, -0.2) is 4.98 Å². The Morgan fingerprint density at radius 1 is 1.11 bits per heavy atom. The fourth-order valence-corrected chi connectivity index (χ4v) is 3.02. The highest BCUT2D eigenvalue weighted by atomic mass is 35.5. The van der Waals surface area contributed by atoms with Crippen molar-refractivity contribution in [2.75, 3.05) is 6.54 Å². The molecule has 146 valence electrons. The van der Waals surface area contributed by atoms with E-state index in [0.717, 1.165) is 24.3 Å². The number of nitrogens with one attached hydrogen (secondary N) is 2. The minimum atomic E-state index is -4.43. The quantitative estimate of drug-likeness (QED) is 0.574. The minimum absolute atomic E-state index is 0.156. The summed E-state index contributed by atoms with van der Waals surface area (Å²) in [5.41, 5.74) is 0.762. The molecule has 0 fully saturated rings. The van der Waals surface area contributed by atoms with Gasteiger partial charge in [0.15, 0.2) is 0 Å². The van der Waals surface area contributed by atoms with E-state index in [2.05, 4.69) is 15.3 Å². The molecule has 0 aliphatic heterocycles. The summed E-state index contributed by atoms with van der Waals surface area (Å²) >= 11 is 12.0. The number of hydrogen-bond donors (Lipinski definition) is 2. The maximum absolute atomic E-state index is 12.6. The van der Waals surface area contributed by atoms with Gasteiger partial charge in [0.2, 0.25) is 0 Å². The first kappa shape index (κ1) is 20.2. The van der Waals surface area contributed by atoms with Crippen molar-refractivity contribution in [1.29, 1.82) is 0 Å². The van der Waals surface area contributed by atoms with Crippen LogP contribution in [0, 0.1) is 0 Å². The molecule has 0 bridgehead atoms. The number of benzene rings is 2. The summed E-state index contributed by atoms with van der Waals surface area (Å²) in [6.45, 7) is 0.276. The molecule has 0 spiro atoms. The normalized spacial score (nSPS) is 11.5. The number of H-pyrrole nitrogens is 1. The molecule has 1 amide bonds. The van der Waals surface area contributed by atoms with Crippen LogP contribution in [0.25, 0.3) is 11.4 Å². The molecule has 3 aromatic rings. The molecule has 0 aliphatic rings. The third kappa shape index (κ3) is 4.85. The van der Waals surface area contributed by atoms with Gasteiger partial charge in [0.05, 0.1) is 16.3 Å². The number of amides is 1. The van der Waals surface area contributed by atoms with E-state index in [0.29, 0.717) is 33.5 Å². The molecule has 0 radical (unpaired) electrons. The van der Waals surface area contributed by atoms with Crippen molar-refractivity contribution in [3.63, 3.8) is 0 Å². The van der Waals surface area contributed by atoms with Crippen LogP contribution in [0.3, 0.4) is 0 Å². The van der Waals surface area contributed by atoms with Crippen LogP contribution in [0.1, 0.15) is 21.6 Å². The van der Waals surface area contributed by atoms with Crippen LogP contribution in [0.4, 0.5) is 13.2 Å². The second-order valence-corrected chi connectivity index (χ2v) is 6.79. The molecule has 2 N–H and O–H groups in total. The molecule has 0 unspecified atom stereocenters. The Morgan fingerprint density at radius 3 is 2.46 bits per heavy atom. The van der Waals surface area contributed by atoms with Gasteiger partial charge >= 0.3 is 6.18 Å². The fourth-order valence-electron chi connectivity index (χ4n) is 2.52. The van der Waals surface area contributed by atoms with E-state index in [1.165, 1.54) is 0 Å². The number of aromatic nitrogens is 2. The molecule has 9 heteroatoms. The first-order valence-electron chi connectivity index (χ1n) is 8.19. The molecule has 0 atom stereocenters. The Bertz CT molecular complexity index is 985. The first-order valence-corrected chi connectivity index (χ1v) is 8.95. The number of halogens is 5. The summed E-state index contributed by atoms with van der Waals surface area (Å²) in [5.74, 6) is 0.121. The van der Waals surface area contributed by atoms with Crippen molar-refractivity contribution in [3.8, 4) is 11.4 Å². The van der Waals surface area contributed by atoms with E-state index in [9.17, 15) is 18.0 Å². The van der Waals surface area contributed by atoms with Crippen LogP contribution in [0.2, 0.25) is 10.0 Å². The number of aromatic amines is 1. The van der Waals surface area contributed by atoms with Crippen molar-refractivity contribution in [1.82, 2.24) is 15.3 Å². The highest BCUT2D eigenvalue weighted by Crippen LogP contribution is 2.29. The summed E-state index contributed by atoms with van der Waals surface area (Å²) in [7, 11) is 0. The Hall–Kier alpha value is -2.51. The van der Waals surface area contributed by atoms with Gasteiger partial charge in [0.1, 0.15) is 5.82 Å². The second-order valence-electron chi connectivity index (χ2n) is 5.95. The van der Waals surface area contributed by atoms with Gasteiger partial charge in [0.25, 0.3) is 5.91 Å². The Kier molecular flexibility index (Phi) is 5.96. The highest BCUT2D eigenvalue weighted by molar-refractivity contribution is 6.36. The first-order chi connectivity index (χ1) is 13.2. The summed E-state index contributed by atoms with van der Waals surface area (Å²) in [5, 5.41) is 3.64. The molecular formula is C19H14Cl2F3N3O. The minimum Gasteiger partial charge on any atom is -0.352 e. The number of imidazole rings is 1. The Morgan fingerprint density at radius 2 is 1.82 bits per heavy atom. The van der Waals surface area contributed by atoms with Crippen molar-refractivity contribution in [2.45, 2.75) is 12.6 Å². The average molecular weight is 428 g/mol. The maximum atomic E-state index is 12.6. The molecule has 0 saturated heterocycles. The Balaban J connectivity index is 1.57. The number of hydrogen-bond acceptors (Lipinski definition) is 2. The second kappa shape index (κ2) is 8.24. The lowest BCUT2D eigenvalue weighted by Crippen LogP contribution is -2.25. The fraction of sp³-hybridized carbons (Fsp3) is 0.158. The zero-order chi connectivity index (χ0) is 20.3.